The van der Waals surface area contributed by atoms with Crippen molar-refractivity contribution in [3.05, 3.63) is 58.4 Å². The van der Waals surface area contributed by atoms with Crippen LogP contribution < -0.4 is 15.2 Å². The second-order valence-electron chi connectivity index (χ2n) is 4.84. The SMILES string of the molecule is CCOc1c(F)cc([C@@H](N)c2ccc(OC(F)(F)F)cc2)cc1Cl.Cl. The van der Waals surface area contributed by atoms with E-state index >= 15 is 0 Å². The van der Waals surface area contributed by atoms with Crippen LogP contribution in [0.15, 0.2) is 36.4 Å². The number of hydrogen-bond donors (Lipinski definition) is 1. The summed E-state index contributed by atoms with van der Waals surface area (Å²) < 4.78 is 59.3. The molecule has 3 nitrogen and oxygen atoms in total. The molecule has 25 heavy (non-hydrogen) atoms. The van der Waals surface area contributed by atoms with Crippen LogP contribution in [0, 0.1) is 5.82 Å². The first-order valence-electron chi connectivity index (χ1n) is 6.94. The summed E-state index contributed by atoms with van der Waals surface area (Å²) >= 11 is 5.98. The average Bonchev–Trinajstić information content (AvgIpc) is 2.49. The van der Waals surface area contributed by atoms with Gasteiger partial charge >= 0.3 is 6.36 Å². The first kappa shape index (κ1) is 21.3. The number of hydrogen-bond acceptors (Lipinski definition) is 3. The molecule has 138 valence electrons. The van der Waals surface area contributed by atoms with Gasteiger partial charge in [0.2, 0.25) is 0 Å². The van der Waals surface area contributed by atoms with Crippen molar-refractivity contribution in [2.45, 2.75) is 19.3 Å². The van der Waals surface area contributed by atoms with Crippen molar-refractivity contribution in [3.63, 3.8) is 0 Å². The molecule has 9 heteroatoms. The predicted octanol–water partition coefficient (Wildman–Crippen LogP) is 5.25. The van der Waals surface area contributed by atoms with E-state index in [0.717, 1.165) is 12.1 Å². The Morgan fingerprint density at radius 1 is 1.12 bits per heavy atom. The Kier molecular flexibility index (Phi) is 7.34. The minimum atomic E-state index is -4.77. The molecule has 0 aromatic heterocycles. The van der Waals surface area contributed by atoms with Crippen molar-refractivity contribution in [1.29, 1.82) is 0 Å². The van der Waals surface area contributed by atoms with Gasteiger partial charge in [0, 0.05) is 0 Å². The quantitative estimate of drug-likeness (QED) is 0.698. The van der Waals surface area contributed by atoms with E-state index in [1.165, 1.54) is 24.3 Å². The number of rotatable bonds is 5. The van der Waals surface area contributed by atoms with E-state index in [4.69, 9.17) is 22.1 Å². The van der Waals surface area contributed by atoms with Crippen LogP contribution in [0.5, 0.6) is 11.5 Å². The molecule has 2 aromatic carbocycles. The highest BCUT2D eigenvalue weighted by Crippen LogP contribution is 2.33. The molecular weight excluding hydrogens is 385 g/mol. The van der Waals surface area contributed by atoms with Gasteiger partial charge in [-0.05, 0) is 42.3 Å². The van der Waals surface area contributed by atoms with Crippen LogP contribution in [0.4, 0.5) is 17.6 Å². The summed E-state index contributed by atoms with van der Waals surface area (Å²) in [6.07, 6.45) is -4.77. The maximum absolute atomic E-state index is 14.0. The predicted molar refractivity (Wildman–Crippen MR) is 89.0 cm³/mol. The zero-order valence-corrected chi connectivity index (χ0v) is 14.5. The van der Waals surface area contributed by atoms with Gasteiger partial charge in [0.05, 0.1) is 17.7 Å². The average molecular weight is 400 g/mol. The lowest BCUT2D eigenvalue weighted by atomic mass is 9.99. The van der Waals surface area contributed by atoms with Gasteiger partial charge in [-0.2, -0.15) is 0 Å². The Morgan fingerprint density at radius 2 is 1.72 bits per heavy atom. The van der Waals surface area contributed by atoms with Crippen molar-refractivity contribution in [1.82, 2.24) is 0 Å². The Hall–Kier alpha value is -1.70. The van der Waals surface area contributed by atoms with E-state index in [9.17, 15) is 17.6 Å². The molecule has 1 atom stereocenters. The largest absolute Gasteiger partial charge is 0.573 e. The van der Waals surface area contributed by atoms with Crippen LogP contribution in [0.1, 0.15) is 24.1 Å². The Labute approximate surface area is 153 Å². The summed E-state index contributed by atoms with van der Waals surface area (Å²) in [6, 6.07) is 6.88. The third-order valence-electron chi connectivity index (χ3n) is 3.14. The van der Waals surface area contributed by atoms with E-state index in [1.807, 2.05) is 0 Å². The maximum Gasteiger partial charge on any atom is 0.573 e. The molecule has 2 rings (SSSR count). The topological polar surface area (TPSA) is 44.5 Å². The molecule has 0 bridgehead atoms. The van der Waals surface area contributed by atoms with Gasteiger partial charge in [0.1, 0.15) is 5.75 Å². The minimum absolute atomic E-state index is 0. The highest BCUT2D eigenvalue weighted by molar-refractivity contribution is 6.32. The fraction of sp³-hybridized carbons (Fsp3) is 0.250. The third-order valence-corrected chi connectivity index (χ3v) is 3.42. The highest BCUT2D eigenvalue weighted by atomic mass is 35.5. The van der Waals surface area contributed by atoms with Crippen LogP contribution in [0.3, 0.4) is 0 Å². The first-order chi connectivity index (χ1) is 11.2. The van der Waals surface area contributed by atoms with E-state index < -0.39 is 18.2 Å². The van der Waals surface area contributed by atoms with E-state index in [2.05, 4.69) is 4.74 Å². The molecule has 0 heterocycles. The first-order valence-corrected chi connectivity index (χ1v) is 7.32. The summed E-state index contributed by atoms with van der Waals surface area (Å²) in [5.41, 5.74) is 6.87. The third kappa shape index (κ3) is 5.66. The summed E-state index contributed by atoms with van der Waals surface area (Å²) in [4.78, 5) is 0. The van der Waals surface area contributed by atoms with Crippen molar-refractivity contribution in [2.24, 2.45) is 5.73 Å². The second-order valence-corrected chi connectivity index (χ2v) is 5.25. The lowest BCUT2D eigenvalue weighted by Gasteiger charge is -2.16. The Bertz CT molecular complexity index is 685. The smallest absolute Gasteiger partial charge is 0.489 e. The molecule has 0 aliphatic rings. The highest BCUT2D eigenvalue weighted by Gasteiger charge is 2.31. The Balaban J connectivity index is 0.00000312. The van der Waals surface area contributed by atoms with E-state index in [0.29, 0.717) is 11.1 Å². The number of benzene rings is 2. The van der Waals surface area contributed by atoms with Crippen LogP contribution in [-0.2, 0) is 0 Å². The lowest BCUT2D eigenvalue weighted by Crippen LogP contribution is -2.17. The molecule has 0 amide bonds. The molecule has 0 aliphatic carbocycles. The molecule has 0 unspecified atom stereocenters. The van der Waals surface area contributed by atoms with Gasteiger partial charge in [-0.15, -0.1) is 25.6 Å². The molecule has 0 radical (unpaired) electrons. The van der Waals surface area contributed by atoms with E-state index in [-0.39, 0.29) is 35.5 Å². The molecule has 0 fully saturated rings. The number of nitrogens with two attached hydrogens (primary N) is 1. The van der Waals surface area contributed by atoms with Crippen molar-refractivity contribution in [3.8, 4) is 11.5 Å². The van der Waals surface area contributed by atoms with Crippen LogP contribution in [0.2, 0.25) is 5.02 Å². The van der Waals surface area contributed by atoms with Crippen LogP contribution >= 0.6 is 24.0 Å². The van der Waals surface area contributed by atoms with Crippen molar-refractivity contribution >= 4 is 24.0 Å². The van der Waals surface area contributed by atoms with Gasteiger partial charge in [0.25, 0.3) is 0 Å². The summed E-state index contributed by atoms with van der Waals surface area (Å²) in [5, 5.41) is 0.0688. The zero-order chi connectivity index (χ0) is 17.9. The number of ether oxygens (including phenoxy) is 2. The monoisotopic (exact) mass is 399 g/mol. The summed E-state index contributed by atoms with van der Waals surface area (Å²) in [6.45, 7) is 1.95. The molecule has 0 saturated carbocycles. The molecule has 2 aromatic rings. The number of alkyl halides is 3. The van der Waals surface area contributed by atoms with Gasteiger partial charge in [-0.25, -0.2) is 4.39 Å². The van der Waals surface area contributed by atoms with Crippen LogP contribution in [0.25, 0.3) is 0 Å². The molecule has 0 saturated heterocycles. The van der Waals surface area contributed by atoms with Gasteiger partial charge < -0.3 is 15.2 Å². The van der Waals surface area contributed by atoms with Gasteiger partial charge in [0.15, 0.2) is 11.6 Å². The van der Waals surface area contributed by atoms with Gasteiger partial charge in [-0.1, -0.05) is 23.7 Å². The fourth-order valence-corrected chi connectivity index (χ4v) is 2.38. The van der Waals surface area contributed by atoms with Crippen LogP contribution in [-0.4, -0.2) is 13.0 Å². The van der Waals surface area contributed by atoms with Crippen molar-refractivity contribution < 1.29 is 27.0 Å². The minimum Gasteiger partial charge on any atom is -0.489 e. The standard InChI is InChI=1S/C16H14ClF4NO2.ClH/c1-2-23-15-12(17)7-10(8-13(15)18)14(22)9-3-5-11(6-4-9)24-16(19,20)21;/h3-8,14H,2,22H2,1H3;1H/t14-;/m0./s1. The number of halogens is 6. The van der Waals surface area contributed by atoms with Gasteiger partial charge in [-0.3, -0.25) is 0 Å². The lowest BCUT2D eigenvalue weighted by molar-refractivity contribution is -0.274. The molecule has 2 N–H and O–H groups in total. The molecule has 0 spiro atoms. The second kappa shape index (κ2) is 8.60. The molecule has 0 aliphatic heterocycles. The maximum atomic E-state index is 14.0. The Morgan fingerprint density at radius 3 is 2.20 bits per heavy atom. The fourth-order valence-electron chi connectivity index (χ4n) is 2.11. The van der Waals surface area contributed by atoms with Crippen molar-refractivity contribution in [2.75, 3.05) is 6.61 Å². The zero-order valence-electron chi connectivity index (χ0n) is 12.9. The summed E-state index contributed by atoms with van der Waals surface area (Å²) in [5.74, 6) is -1.09. The normalized spacial score (nSPS) is 12.3. The van der Waals surface area contributed by atoms with E-state index in [1.54, 1.807) is 6.92 Å². The molecular formula is C16H15Cl2F4NO2. The summed E-state index contributed by atoms with van der Waals surface area (Å²) in [7, 11) is 0.